The molecule has 4 heteroatoms. The van der Waals surface area contributed by atoms with E-state index in [-0.39, 0.29) is 12.6 Å². The van der Waals surface area contributed by atoms with Crippen molar-refractivity contribution in [1.82, 2.24) is 0 Å². The molecule has 0 aromatic heterocycles. The van der Waals surface area contributed by atoms with Gasteiger partial charge in [0.2, 0.25) is 0 Å². The molecule has 0 fully saturated rings. The average Bonchev–Trinajstić information content (AvgIpc) is 2.27. The van der Waals surface area contributed by atoms with Crippen LogP contribution in [0.3, 0.4) is 0 Å². The number of carbonyl (C=O) groups is 1. The predicted molar refractivity (Wildman–Crippen MR) is 65.0 cm³/mol. The maximum Gasteiger partial charge on any atom is 0.306 e. The van der Waals surface area contributed by atoms with Crippen LogP contribution in [0.25, 0.3) is 0 Å². The van der Waals surface area contributed by atoms with E-state index in [9.17, 15) is 4.79 Å². The Morgan fingerprint density at radius 2 is 2.19 bits per heavy atom. The Morgan fingerprint density at radius 1 is 1.44 bits per heavy atom. The fourth-order valence-corrected chi connectivity index (χ4v) is 1.86. The van der Waals surface area contributed by atoms with Crippen LogP contribution in [0.4, 0.5) is 0 Å². The molecule has 1 aromatic carbocycles. The molecule has 0 unspecified atom stereocenters. The molecule has 0 bridgehead atoms. The number of carbonyl (C=O) groups excluding carboxylic acids is 1. The molecule has 1 rings (SSSR count). The Labute approximate surface area is 104 Å². The third-order valence-corrected chi connectivity index (χ3v) is 2.74. The number of hydrogen-bond donors (Lipinski definition) is 1. The molecular weight excluding hydrogens is 272 g/mol. The van der Waals surface area contributed by atoms with Crippen LogP contribution >= 0.6 is 15.9 Å². The van der Waals surface area contributed by atoms with Crippen molar-refractivity contribution in [1.29, 1.82) is 0 Å². The molecule has 3 nitrogen and oxygen atoms in total. The Balaban J connectivity index is 2.65. The van der Waals surface area contributed by atoms with E-state index in [2.05, 4.69) is 15.9 Å². The van der Waals surface area contributed by atoms with E-state index >= 15 is 0 Å². The Kier molecular flexibility index (Phi) is 5.49. The molecule has 0 aliphatic heterocycles. The fourth-order valence-electron chi connectivity index (χ4n) is 1.45. The minimum Gasteiger partial charge on any atom is -0.466 e. The number of rotatable bonds is 5. The molecule has 0 saturated heterocycles. The van der Waals surface area contributed by atoms with Gasteiger partial charge in [-0.05, 0) is 36.6 Å². The van der Waals surface area contributed by atoms with Gasteiger partial charge in [-0.25, -0.2) is 0 Å². The lowest BCUT2D eigenvalue weighted by Crippen LogP contribution is -2.06. The molecule has 0 radical (unpaired) electrons. The number of halogens is 1. The maximum absolute atomic E-state index is 11.2. The normalized spacial score (nSPS) is 10.2. The molecule has 0 aliphatic rings. The number of hydrogen-bond acceptors (Lipinski definition) is 3. The van der Waals surface area contributed by atoms with E-state index in [1.165, 1.54) is 0 Å². The molecule has 0 amide bonds. The summed E-state index contributed by atoms with van der Waals surface area (Å²) in [5.74, 6) is -0.202. The minimum atomic E-state index is -0.202. The van der Waals surface area contributed by atoms with Crippen LogP contribution in [0.5, 0.6) is 0 Å². The number of ether oxygens (including phenoxy) is 1. The highest BCUT2D eigenvalue weighted by atomic mass is 79.9. The van der Waals surface area contributed by atoms with Gasteiger partial charge in [-0.2, -0.15) is 0 Å². The van der Waals surface area contributed by atoms with Crippen molar-refractivity contribution in [2.75, 3.05) is 6.61 Å². The van der Waals surface area contributed by atoms with Gasteiger partial charge in [-0.15, -0.1) is 0 Å². The van der Waals surface area contributed by atoms with Crippen molar-refractivity contribution in [3.63, 3.8) is 0 Å². The number of aryl methyl sites for hydroxylation is 1. The van der Waals surface area contributed by atoms with Crippen LogP contribution in [-0.2, 0) is 22.6 Å². The Bertz CT molecular complexity index is 363. The summed E-state index contributed by atoms with van der Waals surface area (Å²) in [4.78, 5) is 11.2. The van der Waals surface area contributed by atoms with E-state index in [0.29, 0.717) is 19.4 Å². The molecule has 0 aliphatic carbocycles. The number of esters is 1. The summed E-state index contributed by atoms with van der Waals surface area (Å²) >= 11 is 3.37. The molecule has 88 valence electrons. The first-order valence-corrected chi connectivity index (χ1v) is 6.00. The summed E-state index contributed by atoms with van der Waals surface area (Å²) in [6.45, 7) is 2.19. The van der Waals surface area contributed by atoms with Gasteiger partial charge in [0.25, 0.3) is 0 Å². The molecule has 0 saturated carbocycles. The van der Waals surface area contributed by atoms with Gasteiger partial charge in [0.15, 0.2) is 0 Å². The standard InChI is InChI=1S/C12H15BrO3/c1-2-16-12(15)6-4-9-7-11(13)5-3-10(9)8-14/h3,5,7,14H,2,4,6,8H2,1H3. The van der Waals surface area contributed by atoms with Gasteiger partial charge in [0, 0.05) is 10.9 Å². The molecular formula is C12H15BrO3. The first kappa shape index (κ1) is 13.2. The van der Waals surface area contributed by atoms with Crippen LogP contribution in [0, 0.1) is 0 Å². The lowest BCUT2D eigenvalue weighted by molar-refractivity contribution is -0.143. The van der Waals surface area contributed by atoms with Crippen molar-refractivity contribution in [2.45, 2.75) is 26.4 Å². The van der Waals surface area contributed by atoms with Crippen molar-refractivity contribution >= 4 is 21.9 Å². The largest absolute Gasteiger partial charge is 0.466 e. The third kappa shape index (κ3) is 3.94. The second-order valence-electron chi connectivity index (χ2n) is 3.38. The van der Waals surface area contributed by atoms with E-state index < -0.39 is 0 Å². The first-order chi connectivity index (χ1) is 7.67. The minimum absolute atomic E-state index is 0.00849. The SMILES string of the molecule is CCOC(=O)CCc1cc(Br)ccc1CO. The Hall–Kier alpha value is -0.870. The van der Waals surface area contributed by atoms with Crippen LogP contribution in [-0.4, -0.2) is 17.7 Å². The molecule has 0 atom stereocenters. The highest BCUT2D eigenvalue weighted by Gasteiger charge is 2.06. The third-order valence-electron chi connectivity index (χ3n) is 2.24. The van der Waals surface area contributed by atoms with Gasteiger partial charge < -0.3 is 9.84 Å². The van der Waals surface area contributed by atoms with Gasteiger partial charge in [0.05, 0.1) is 13.2 Å². The van der Waals surface area contributed by atoms with Crippen molar-refractivity contribution in [3.05, 3.63) is 33.8 Å². The van der Waals surface area contributed by atoms with E-state index in [4.69, 9.17) is 9.84 Å². The smallest absolute Gasteiger partial charge is 0.306 e. The highest BCUT2D eigenvalue weighted by molar-refractivity contribution is 9.10. The molecule has 16 heavy (non-hydrogen) atoms. The summed E-state index contributed by atoms with van der Waals surface area (Å²) in [7, 11) is 0. The Morgan fingerprint density at radius 3 is 2.81 bits per heavy atom. The monoisotopic (exact) mass is 286 g/mol. The van der Waals surface area contributed by atoms with Gasteiger partial charge in [0.1, 0.15) is 0 Å². The average molecular weight is 287 g/mol. The van der Waals surface area contributed by atoms with E-state index in [1.54, 1.807) is 6.92 Å². The van der Waals surface area contributed by atoms with Crippen molar-refractivity contribution in [3.8, 4) is 0 Å². The highest BCUT2D eigenvalue weighted by Crippen LogP contribution is 2.18. The zero-order valence-electron chi connectivity index (χ0n) is 9.20. The van der Waals surface area contributed by atoms with Gasteiger partial charge >= 0.3 is 5.97 Å². The molecule has 0 spiro atoms. The zero-order chi connectivity index (χ0) is 12.0. The zero-order valence-corrected chi connectivity index (χ0v) is 10.8. The second-order valence-corrected chi connectivity index (χ2v) is 4.29. The number of aliphatic hydroxyl groups excluding tert-OH is 1. The lowest BCUT2D eigenvalue weighted by Gasteiger charge is -2.07. The molecule has 1 aromatic rings. The van der Waals surface area contributed by atoms with Crippen molar-refractivity contribution < 1.29 is 14.6 Å². The number of aliphatic hydroxyl groups is 1. The number of benzene rings is 1. The summed E-state index contributed by atoms with van der Waals surface area (Å²) in [5, 5.41) is 9.15. The maximum atomic E-state index is 11.2. The quantitative estimate of drug-likeness (QED) is 0.846. The summed E-state index contributed by atoms with van der Waals surface area (Å²) in [5.41, 5.74) is 1.83. The molecule has 1 N–H and O–H groups in total. The second kappa shape index (κ2) is 6.66. The van der Waals surface area contributed by atoms with Crippen LogP contribution in [0.1, 0.15) is 24.5 Å². The molecule has 0 heterocycles. The van der Waals surface area contributed by atoms with Crippen LogP contribution in [0.15, 0.2) is 22.7 Å². The van der Waals surface area contributed by atoms with Gasteiger partial charge in [-0.1, -0.05) is 22.0 Å². The predicted octanol–water partition coefficient (Wildman–Crippen LogP) is 2.44. The first-order valence-electron chi connectivity index (χ1n) is 5.21. The van der Waals surface area contributed by atoms with E-state index in [1.807, 2.05) is 18.2 Å². The topological polar surface area (TPSA) is 46.5 Å². The fraction of sp³-hybridized carbons (Fsp3) is 0.417. The summed E-state index contributed by atoms with van der Waals surface area (Å²) < 4.78 is 5.80. The summed E-state index contributed by atoms with van der Waals surface area (Å²) in [6.07, 6.45) is 0.936. The van der Waals surface area contributed by atoms with Crippen molar-refractivity contribution in [2.24, 2.45) is 0 Å². The lowest BCUT2D eigenvalue weighted by atomic mass is 10.0. The summed E-state index contributed by atoms with van der Waals surface area (Å²) in [6, 6.07) is 5.65. The van der Waals surface area contributed by atoms with Crippen LogP contribution in [0.2, 0.25) is 0 Å². The van der Waals surface area contributed by atoms with Gasteiger partial charge in [-0.3, -0.25) is 4.79 Å². The van der Waals surface area contributed by atoms with Crippen LogP contribution < -0.4 is 0 Å². The van der Waals surface area contributed by atoms with E-state index in [0.717, 1.165) is 15.6 Å².